The Balaban J connectivity index is 2.35. The van der Waals surface area contributed by atoms with Crippen molar-refractivity contribution in [3.8, 4) is 0 Å². The molecule has 0 spiro atoms. The molecular formula is C9H19NO2S. The van der Waals surface area contributed by atoms with E-state index in [4.69, 9.17) is 0 Å². The summed E-state index contributed by atoms with van der Waals surface area (Å²) >= 11 is 4.25. The molecular weight excluding hydrogens is 186 g/mol. The molecule has 0 aromatic rings. The van der Waals surface area contributed by atoms with E-state index in [-0.39, 0.29) is 5.37 Å². The Morgan fingerprint density at radius 3 is 2.00 bits per heavy atom. The quantitative estimate of drug-likeness (QED) is 0.302. The molecule has 0 amide bonds. The van der Waals surface area contributed by atoms with Crippen molar-refractivity contribution in [1.29, 1.82) is 0 Å². The third-order valence-electron chi connectivity index (χ3n) is 2.54. The van der Waals surface area contributed by atoms with Gasteiger partial charge in [-0.3, -0.25) is 0 Å². The zero-order chi connectivity index (χ0) is 9.84. The lowest BCUT2D eigenvalue weighted by atomic mass is 10.1. The van der Waals surface area contributed by atoms with Gasteiger partial charge >= 0.3 is 0 Å². The van der Waals surface area contributed by atoms with E-state index in [1.165, 1.54) is 0 Å². The van der Waals surface area contributed by atoms with Crippen LogP contribution in [-0.2, 0) is 0 Å². The first-order valence-corrected chi connectivity index (χ1v) is 5.41. The molecule has 4 atom stereocenters. The van der Waals surface area contributed by atoms with E-state index < -0.39 is 12.2 Å². The van der Waals surface area contributed by atoms with E-state index in [0.29, 0.717) is 18.9 Å². The Bertz CT molecular complexity index is 143. The highest BCUT2D eigenvalue weighted by molar-refractivity contribution is 7.80. The Hall–Kier alpha value is 0.230. The van der Waals surface area contributed by atoms with Gasteiger partial charge in [-0.15, -0.1) is 0 Å². The predicted octanol–water partition coefficient (Wildman–Crippen LogP) is 0.516. The third kappa shape index (κ3) is 3.85. The van der Waals surface area contributed by atoms with Crippen molar-refractivity contribution in [1.82, 2.24) is 5.32 Å². The van der Waals surface area contributed by atoms with E-state index in [0.717, 1.165) is 12.8 Å². The van der Waals surface area contributed by atoms with Crippen LogP contribution in [0.5, 0.6) is 0 Å². The largest absolute Gasteiger partial charge is 0.390 e. The lowest BCUT2D eigenvalue weighted by Crippen LogP contribution is -2.33. The molecule has 78 valence electrons. The molecule has 0 saturated heterocycles. The van der Waals surface area contributed by atoms with Crippen LogP contribution in [0.1, 0.15) is 32.6 Å². The fraction of sp³-hybridized carbons (Fsp3) is 1.00. The minimum Gasteiger partial charge on any atom is -0.390 e. The first kappa shape index (κ1) is 11.3. The van der Waals surface area contributed by atoms with Crippen LogP contribution in [0.15, 0.2) is 0 Å². The van der Waals surface area contributed by atoms with Crippen LogP contribution in [0.25, 0.3) is 0 Å². The van der Waals surface area contributed by atoms with E-state index in [2.05, 4.69) is 17.9 Å². The lowest BCUT2D eigenvalue weighted by molar-refractivity contribution is 0.0157. The highest BCUT2D eigenvalue weighted by Crippen LogP contribution is 2.19. The second-order valence-corrected chi connectivity index (χ2v) is 4.60. The molecule has 1 aliphatic carbocycles. The number of hydrogen-bond acceptors (Lipinski definition) is 4. The molecule has 13 heavy (non-hydrogen) atoms. The van der Waals surface area contributed by atoms with Gasteiger partial charge in [0.2, 0.25) is 0 Å². The molecule has 1 rings (SSSR count). The third-order valence-corrected chi connectivity index (χ3v) is 2.69. The van der Waals surface area contributed by atoms with Gasteiger partial charge in [0.05, 0.1) is 12.2 Å². The molecule has 0 bridgehead atoms. The first-order valence-electron chi connectivity index (χ1n) is 4.90. The number of aliphatic hydroxyl groups is 2. The molecule has 3 N–H and O–H groups in total. The summed E-state index contributed by atoms with van der Waals surface area (Å²) in [6.07, 6.45) is 2.12. The Kier molecular flexibility index (Phi) is 4.52. The number of thiol groups is 1. The molecule has 0 heterocycles. The molecule has 0 aliphatic heterocycles. The molecule has 2 unspecified atom stereocenters. The summed E-state index contributed by atoms with van der Waals surface area (Å²) < 4.78 is 0. The van der Waals surface area contributed by atoms with Gasteiger partial charge in [-0.05, 0) is 32.6 Å². The standard InChI is InChI=1S/C9H19NO2S/c1-6(13)10-7-2-4-8(11)9(12)5-3-7/h6-13H,2-5H2,1H3/t6?,7?,8-,9+. The molecule has 1 aliphatic rings. The van der Waals surface area contributed by atoms with Crippen molar-refractivity contribution in [3.05, 3.63) is 0 Å². The van der Waals surface area contributed by atoms with Crippen LogP contribution in [0.2, 0.25) is 0 Å². The Morgan fingerprint density at radius 1 is 1.15 bits per heavy atom. The van der Waals surface area contributed by atoms with Crippen molar-refractivity contribution in [2.45, 2.75) is 56.2 Å². The molecule has 1 fully saturated rings. The smallest absolute Gasteiger partial charge is 0.0799 e. The second kappa shape index (κ2) is 5.20. The van der Waals surface area contributed by atoms with Gasteiger partial charge in [0.25, 0.3) is 0 Å². The number of hydrogen-bond donors (Lipinski definition) is 4. The van der Waals surface area contributed by atoms with Gasteiger partial charge in [0, 0.05) is 11.4 Å². The van der Waals surface area contributed by atoms with E-state index >= 15 is 0 Å². The predicted molar refractivity (Wildman–Crippen MR) is 55.9 cm³/mol. The average Bonchev–Trinajstić information content (AvgIpc) is 2.19. The van der Waals surface area contributed by atoms with Gasteiger partial charge in [-0.1, -0.05) is 0 Å². The summed E-state index contributed by atoms with van der Waals surface area (Å²) in [6.45, 7) is 1.99. The van der Waals surface area contributed by atoms with E-state index in [1.54, 1.807) is 0 Å². The van der Waals surface area contributed by atoms with E-state index in [1.807, 2.05) is 6.92 Å². The second-order valence-electron chi connectivity index (χ2n) is 3.83. The SMILES string of the molecule is CC(S)NC1CC[C@@H](O)[C@@H](O)CC1. The molecule has 0 radical (unpaired) electrons. The summed E-state index contributed by atoms with van der Waals surface area (Å²) in [4.78, 5) is 0. The molecule has 3 nitrogen and oxygen atoms in total. The maximum atomic E-state index is 9.41. The van der Waals surface area contributed by atoms with Crippen molar-refractivity contribution in [2.75, 3.05) is 0 Å². The molecule has 4 heteroatoms. The Morgan fingerprint density at radius 2 is 1.62 bits per heavy atom. The molecule has 0 aromatic carbocycles. The number of nitrogens with one attached hydrogen (secondary N) is 1. The van der Waals surface area contributed by atoms with Crippen molar-refractivity contribution in [2.24, 2.45) is 0 Å². The summed E-state index contributed by atoms with van der Waals surface area (Å²) in [7, 11) is 0. The van der Waals surface area contributed by atoms with Crippen molar-refractivity contribution in [3.63, 3.8) is 0 Å². The fourth-order valence-corrected chi connectivity index (χ4v) is 1.99. The van der Waals surface area contributed by atoms with Gasteiger partial charge < -0.3 is 15.5 Å². The maximum Gasteiger partial charge on any atom is 0.0799 e. The summed E-state index contributed by atoms with van der Waals surface area (Å²) in [5, 5.41) is 22.3. The van der Waals surface area contributed by atoms with Crippen molar-refractivity contribution < 1.29 is 10.2 Å². The number of rotatable bonds is 2. The molecule has 0 aromatic heterocycles. The van der Waals surface area contributed by atoms with Crippen LogP contribution in [0.4, 0.5) is 0 Å². The topological polar surface area (TPSA) is 52.5 Å². The molecule has 1 saturated carbocycles. The minimum atomic E-state index is -0.540. The normalized spacial score (nSPS) is 38.3. The van der Waals surface area contributed by atoms with Gasteiger partial charge in [0.1, 0.15) is 0 Å². The van der Waals surface area contributed by atoms with Crippen LogP contribution >= 0.6 is 12.6 Å². The van der Waals surface area contributed by atoms with Gasteiger partial charge in [0.15, 0.2) is 0 Å². The van der Waals surface area contributed by atoms with Crippen molar-refractivity contribution >= 4 is 12.6 Å². The zero-order valence-electron chi connectivity index (χ0n) is 7.98. The minimum absolute atomic E-state index is 0.178. The Labute approximate surface area is 84.9 Å². The zero-order valence-corrected chi connectivity index (χ0v) is 8.87. The first-order chi connectivity index (χ1) is 6.09. The van der Waals surface area contributed by atoms with Crippen LogP contribution in [0, 0.1) is 0 Å². The summed E-state index contributed by atoms with van der Waals surface area (Å²) in [6, 6.07) is 0.388. The van der Waals surface area contributed by atoms with Gasteiger partial charge in [-0.2, -0.15) is 12.6 Å². The van der Waals surface area contributed by atoms with Crippen LogP contribution in [-0.4, -0.2) is 33.8 Å². The highest BCUT2D eigenvalue weighted by Gasteiger charge is 2.24. The summed E-state index contributed by atoms with van der Waals surface area (Å²) in [5.74, 6) is 0. The monoisotopic (exact) mass is 205 g/mol. The fourth-order valence-electron chi connectivity index (χ4n) is 1.78. The average molecular weight is 205 g/mol. The van der Waals surface area contributed by atoms with Crippen LogP contribution in [0.3, 0.4) is 0 Å². The lowest BCUT2D eigenvalue weighted by Gasteiger charge is -2.18. The number of aliphatic hydroxyl groups excluding tert-OH is 2. The highest BCUT2D eigenvalue weighted by atomic mass is 32.1. The van der Waals surface area contributed by atoms with Crippen LogP contribution < -0.4 is 5.32 Å². The van der Waals surface area contributed by atoms with E-state index in [9.17, 15) is 10.2 Å². The maximum absolute atomic E-state index is 9.41. The summed E-state index contributed by atoms with van der Waals surface area (Å²) in [5.41, 5.74) is 0. The van der Waals surface area contributed by atoms with Gasteiger partial charge in [-0.25, -0.2) is 0 Å².